The van der Waals surface area contributed by atoms with Crippen LogP contribution < -0.4 is 10.4 Å². The van der Waals surface area contributed by atoms with Gasteiger partial charge < -0.3 is 19.2 Å². The topological polar surface area (TPSA) is 97.0 Å². The van der Waals surface area contributed by atoms with E-state index in [1.54, 1.807) is 25.1 Å². The Morgan fingerprint density at radius 2 is 2.12 bits per heavy atom. The fourth-order valence-corrected chi connectivity index (χ4v) is 3.15. The summed E-state index contributed by atoms with van der Waals surface area (Å²) in [5, 5.41) is 9.99. The average Bonchev–Trinajstić information content (AvgIpc) is 3.03. The average molecular weight is 345 g/mol. The Labute approximate surface area is 143 Å². The second-order valence-electron chi connectivity index (χ2n) is 6.19. The van der Waals surface area contributed by atoms with Gasteiger partial charge in [0.1, 0.15) is 17.4 Å². The smallest absolute Gasteiger partial charge is 0.336 e. The van der Waals surface area contributed by atoms with E-state index in [2.05, 4.69) is 0 Å². The molecule has 2 unspecified atom stereocenters. The summed E-state index contributed by atoms with van der Waals surface area (Å²) in [7, 11) is 0. The number of aliphatic carboxylic acids is 1. The van der Waals surface area contributed by atoms with Crippen LogP contribution in [-0.4, -0.2) is 40.6 Å². The van der Waals surface area contributed by atoms with Gasteiger partial charge in [0.15, 0.2) is 6.10 Å². The van der Waals surface area contributed by atoms with E-state index < -0.39 is 23.7 Å². The lowest BCUT2D eigenvalue weighted by Crippen LogP contribution is -2.46. The Morgan fingerprint density at radius 3 is 2.84 bits per heavy atom. The summed E-state index contributed by atoms with van der Waals surface area (Å²) in [6.45, 7) is 3.80. The molecule has 25 heavy (non-hydrogen) atoms. The van der Waals surface area contributed by atoms with Crippen molar-refractivity contribution in [2.24, 2.45) is 0 Å². The van der Waals surface area contributed by atoms with E-state index in [9.17, 15) is 19.5 Å². The number of aryl methyl sites for hydroxylation is 1. The SMILES string of the molecule is Cc1cc(=O)oc2cc(OC(C)C(=O)N3CCCC3C(=O)O)ccc12. The Hall–Kier alpha value is -2.83. The van der Waals surface area contributed by atoms with Gasteiger partial charge in [0, 0.05) is 24.1 Å². The predicted octanol–water partition coefficient (Wildman–Crippen LogP) is 1.94. The first-order chi connectivity index (χ1) is 11.9. The maximum Gasteiger partial charge on any atom is 0.336 e. The first-order valence-electron chi connectivity index (χ1n) is 8.11. The lowest BCUT2D eigenvalue weighted by atomic mass is 10.1. The molecule has 1 aliphatic rings. The van der Waals surface area contributed by atoms with Crippen LogP contribution in [0.3, 0.4) is 0 Å². The van der Waals surface area contributed by atoms with E-state index in [1.165, 1.54) is 11.0 Å². The fraction of sp³-hybridized carbons (Fsp3) is 0.389. The molecule has 132 valence electrons. The Bertz CT molecular complexity index is 887. The maximum atomic E-state index is 12.5. The lowest BCUT2D eigenvalue weighted by Gasteiger charge is -2.25. The number of carbonyl (C=O) groups excluding carboxylic acids is 1. The number of carboxylic acids is 1. The quantitative estimate of drug-likeness (QED) is 0.851. The van der Waals surface area contributed by atoms with Crippen LogP contribution >= 0.6 is 0 Å². The van der Waals surface area contributed by atoms with Crippen molar-refractivity contribution in [2.45, 2.75) is 38.8 Å². The molecule has 3 rings (SSSR count). The van der Waals surface area contributed by atoms with Gasteiger partial charge in [-0.3, -0.25) is 4.79 Å². The third kappa shape index (κ3) is 3.35. The number of fused-ring (bicyclic) bond motifs is 1. The van der Waals surface area contributed by atoms with E-state index in [1.807, 2.05) is 6.92 Å². The number of nitrogens with zero attached hydrogens (tertiary/aromatic N) is 1. The van der Waals surface area contributed by atoms with Crippen molar-refractivity contribution in [1.29, 1.82) is 0 Å². The van der Waals surface area contributed by atoms with Gasteiger partial charge in [-0.15, -0.1) is 0 Å². The van der Waals surface area contributed by atoms with Crippen LogP contribution in [0.25, 0.3) is 11.0 Å². The van der Waals surface area contributed by atoms with Crippen molar-refractivity contribution >= 4 is 22.8 Å². The Morgan fingerprint density at radius 1 is 1.36 bits per heavy atom. The van der Waals surface area contributed by atoms with Crippen LogP contribution in [0.1, 0.15) is 25.3 Å². The molecule has 1 aliphatic heterocycles. The zero-order valence-corrected chi connectivity index (χ0v) is 14.0. The molecule has 1 aromatic carbocycles. The summed E-state index contributed by atoms with van der Waals surface area (Å²) in [5.74, 6) is -0.982. The molecule has 1 amide bonds. The Kier molecular flexibility index (Phi) is 4.48. The van der Waals surface area contributed by atoms with Gasteiger partial charge in [0.25, 0.3) is 5.91 Å². The summed E-state index contributed by atoms with van der Waals surface area (Å²) in [4.78, 5) is 36.6. The zero-order chi connectivity index (χ0) is 18.1. The second-order valence-corrected chi connectivity index (χ2v) is 6.19. The van der Waals surface area contributed by atoms with Crippen LogP contribution in [0.4, 0.5) is 0 Å². The van der Waals surface area contributed by atoms with E-state index in [-0.39, 0.29) is 5.91 Å². The van der Waals surface area contributed by atoms with Crippen molar-refractivity contribution in [3.8, 4) is 5.75 Å². The molecule has 2 atom stereocenters. The van der Waals surface area contributed by atoms with Crippen molar-refractivity contribution < 1.29 is 23.8 Å². The third-order valence-corrected chi connectivity index (χ3v) is 4.40. The first kappa shape index (κ1) is 17.0. The number of hydrogen-bond acceptors (Lipinski definition) is 5. The van der Waals surface area contributed by atoms with Crippen LogP contribution in [-0.2, 0) is 9.59 Å². The molecule has 2 aromatic rings. The largest absolute Gasteiger partial charge is 0.481 e. The second kappa shape index (κ2) is 6.58. The highest BCUT2D eigenvalue weighted by molar-refractivity contribution is 5.87. The zero-order valence-electron chi connectivity index (χ0n) is 14.0. The van der Waals surface area contributed by atoms with Crippen LogP contribution in [0.2, 0.25) is 0 Å². The normalized spacial score (nSPS) is 18.3. The van der Waals surface area contributed by atoms with Gasteiger partial charge in [0.2, 0.25) is 0 Å². The van der Waals surface area contributed by atoms with Gasteiger partial charge in [-0.1, -0.05) is 0 Å². The van der Waals surface area contributed by atoms with Crippen LogP contribution in [0.15, 0.2) is 33.5 Å². The highest BCUT2D eigenvalue weighted by atomic mass is 16.5. The minimum Gasteiger partial charge on any atom is -0.481 e. The number of likely N-dealkylation sites (tertiary alicyclic amines) is 1. The summed E-state index contributed by atoms with van der Waals surface area (Å²) in [6.07, 6.45) is 0.276. The van der Waals surface area contributed by atoms with Gasteiger partial charge in [0.05, 0.1) is 0 Å². The molecule has 7 heteroatoms. The van der Waals surface area contributed by atoms with Gasteiger partial charge in [-0.25, -0.2) is 9.59 Å². The number of benzene rings is 1. The van der Waals surface area contributed by atoms with E-state index in [4.69, 9.17) is 9.15 Å². The van der Waals surface area contributed by atoms with Crippen LogP contribution in [0, 0.1) is 6.92 Å². The number of carbonyl (C=O) groups is 2. The molecule has 1 fully saturated rings. The molecule has 1 saturated heterocycles. The number of amides is 1. The molecule has 0 radical (unpaired) electrons. The summed E-state index contributed by atoms with van der Waals surface area (Å²) >= 11 is 0. The molecule has 2 heterocycles. The van der Waals surface area contributed by atoms with Crippen LogP contribution in [0.5, 0.6) is 5.75 Å². The third-order valence-electron chi connectivity index (χ3n) is 4.40. The lowest BCUT2D eigenvalue weighted by molar-refractivity contribution is -0.150. The highest BCUT2D eigenvalue weighted by Crippen LogP contribution is 2.24. The summed E-state index contributed by atoms with van der Waals surface area (Å²) < 4.78 is 10.8. The Balaban J connectivity index is 1.79. The van der Waals surface area contributed by atoms with Gasteiger partial charge >= 0.3 is 11.6 Å². The predicted molar refractivity (Wildman–Crippen MR) is 89.7 cm³/mol. The summed E-state index contributed by atoms with van der Waals surface area (Å²) in [6, 6.07) is 5.63. The minimum atomic E-state index is -0.999. The van der Waals surface area contributed by atoms with Gasteiger partial charge in [-0.05, 0) is 44.4 Å². The van der Waals surface area contributed by atoms with Crippen molar-refractivity contribution in [3.63, 3.8) is 0 Å². The van der Waals surface area contributed by atoms with Crippen molar-refractivity contribution in [2.75, 3.05) is 6.54 Å². The molecule has 0 bridgehead atoms. The van der Waals surface area contributed by atoms with E-state index >= 15 is 0 Å². The standard InChI is InChI=1S/C18H19NO6/c1-10-8-16(20)25-15-9-12(5-6-13(10)15)24-11(2)17(21)19-7-3-4-14(19)18(22)23/h5-6,8-9,11,14H,3-4,7H2,1-2H3,(H,22,23). The molecular weight excluding hydrogens is 326 g/mol. The summed E-state index contributed by atoms with van der Waals surface area (Å²) in [5.41, 5.74) is 0.725. The number of rotatable bonds is 4. The number of hydrogen-bond donors (Lipinski definition) is 1. The molecule has 7 nitrogen and oxygen atoms in total. The van der Waals surface area contributed by atoms with E-state index in [0.29, 0.717) is 30.7 Å². The van der Waals surface area contributed by atoms with Crippen molar-refractivity contribution in [1.82, 2.24) is 4.90 Å². The number of carboxylic acid groups (broad SMARTS) is 1. The molecule has 0 saturated carbocycles. The van der Waals surface area contributed by atoms with E-state index in [0.717, 1.165) is 10.9 Å². The minimum absolute atomic E-state index is 0.365. The van der Waals surface area contributed by atoms with Gasteiger partial charge in [-0.2, -0.15) is 0 Å². The number of ether oxygens (including phenoxy) is 1. The highest BCUT2D eigenvalue weighted by Gasteiger charge is 2.36. The fourth-order valence-electron chi connectivity index (χ4n) is 3.15. The van der Waals surface area contributed by atoms with Crippen molar-refractivity contribution in [3.05, 3.63) is 40.2 Å². The molecule has 1 N–H and O–H groups in total. The molecule has 1 aromatic heterocycles. The molecular formula is C18H19NO6. The first-order valence-corrected chi connectivity index (χ1v) is 8.11. The molecule has 0 aliphatic carbocycles. The maximum absolute atomic E-state index is 12.5. The molecule has 0 spiro atoms. The monoisotopic (exact) mass is 345 g/mol.